The maximum atomic E-state index is 12.1. The minimum absolute atomic E-state index is 0.00577. The largest absolute Gasteiger partial charge is 0.507 e. The predicted octanol–water partition coefficient (Wildman–Crippen LogP) is -2.04. The van der Waals surface area contributed by atoms with E-state index in [2.05, 4.69) is 5.43 Å². The lowest BCUT2D eigenvalue weighted by Gasteiger charge is -2.19. The van der Waals surface area contributed by atoms with E-state index in [1.807, 2.05) is 0 Å². The zero-order valence-corrected chi connectivity index (χ0v) is 15.7. The van der Waals surface area contributed by atoms with Crippen molar-refractivity contribution < 1.29 is 39.4 Å². The summed E-state index contributed by atoms with van der Waals surface area (Å²) in [6.07, 6.45) is -0.127. The maximum Gasteiger partial charge on any atom is 0.465 e. The summed E-state index contributed by atoms with van der Waals surface area (Å²) in [7, 11) is -0.589. The second-order valence-electron chi connectivity index (χ2n) is 6.01. The first-order valence-electron chi connectivity index (χ1n) is 8.12. The number of carboxylic acid groups (broad SMARTS) is 1. The number of nitrogens with zero attached hydrogens (tertiary/aromatic N) is 1. The maximum absolute atomic E-state index is 12.1. The molecule has 1 unspecified atom stereocenters. The molecule has 0 radical (unpaired) electrons. The van der Waals surface area contributed by atoms with Crippen LogP contribution in [0.4, 0.5) is 0 Å². The molecule has 2 atom stereocenters. The highest BCUT2D eigenvalue weighted by atomic mass is 32.2. The third-order valence-corrected chi connectivity index (χ3v) is 5.35. The van der Waals surface area contributed by atoms with E-state index in [-0.39, 0.29) is 30.0 Å². The van der Waals surface area contributed by atoms with Crippen molar-refractivity contribution in [2.45, 2.75) is 17.6 Å². The van der Waals surface area contributed by atoms with Crippen LogP contribution in [0.25, 0.3) is 0 Å². The molecule has 13 heteroatoms. The molecule has 1 aromatic rings. The molecule has 0 spiro atoms. The van der Waals surface area contributed by atoms with E-state index in [1.54, 1.807) is 0 Å². The van der Waals surface area contributed by atoms with E-state index >= 15 is 0 Å². The molecule has 2 amide bonds. The van der Waals surface area contributed by atoms with Crippen LogP contribution in [0.2, 0.25) is 0 Å². The number of carbonyl (C=O) groups is 3. The average Bonchev–Trinajstić information content (AvgIpc) is 2.97. The first kappa shape index (κ1) is 21.8. The third kappa shape index (κ3) is 4.87. The quantitative estimate of drug-likeness (QED) is 0.260. The van der Waals surface area contributed by atoms with Gasteiger partial charge in [-0.1, -0.05) is 6.07 Å². The fraction of sp³-hybridized carbons (Fsp3) is 0.400. The lowest BCUT2D eigenvalue weighted by atomic mass is 9.81. The van der Waals surface area contributed by atoms with E-state index in [0.29, 0.717) is 0 Å². The SMILES string of the molecule is COc1ccc(C[C@H](SCC(=O)N2CC(N)C(=O)N2)B(O)O)c(O)c1C(=O)O. The zero-order valence-electron chi connectivity index (χ0n) is 14.9. The van der Waals surface area contributed by atoms with E-state index in [0.717, 1.165) is 16.8 Å². The molecule has 0 bridgehead atoms. The van der Waals surface area contributed by atoms with Crippen molar-refractivity contribution in [3.63, 3.8) is 0 Å². The van der Waals surface area contributed by atoms with E-state index < -0.39 is 47.4 Å². The Morgan fingerprint density at radius 1 is 1.46 bits per heavy atom. The number of thioether (sulfide) groups is 1. The van der Waals surface area contributed by atoms with Gasteiger partial charge in [0.2, 0.25) is 0 Å². The Kier molecular flexibility index (Phi) is 7.13. The summed E-state index contributed by atoms with van der Waals surface area (Å²) in [6, 6.07) is 1.92. The first-order valence-corrected chi connectivity index (χ1v) is 9.16. The molecule has 28 heavy (non-hydrogen) atoms. The summed E-state index contributed by atoms with van der Waals surface area (Å²) < 4.78 is 4.91. The van der Waals surface area contributed by atoms with E-state index in [9.17, 15) is 34.6 Å². The molecule has 0 aromatic heterocycles. The highest BCUT2D eigenvalue weighted by molar-refractivity contribution is 8.01. The number of benzene rings is 1. The lowest BCUT2D eigenvalue weighted by Crippen LogP contribution is -2.40. The summed E-state index contributed by atoms with van der Waals surface area (Å²) in [4.78, 5) is 34.8. The summed E-state index contributed by atoms with van der Waals surface area (Å²) in [6.45, 7) is 0.00577. The molecular formula is C15H20BN3O8S. The van der Waals surface area contributed by atoms with Crippen molar-refractivity contribution in [2.24, 2.45) is 5.73 Å². The number of nitrogens with two attached hydrogens (primary N) is 1. The van der Waals surface area contributed by atoms with E-state index in [4.69, 9.17) is 10.5 Å². The van der Waals surface area contributed by atoms with Crippen molar-refractivity contribution >= 4 is 36.7 Å². The molecule has 0 aliphatic carbocycles. The van der Waals surface area contributed by atoms with Crippen molar-refractivity contribution in [3.8, 4) is 11.5 Å². The fourth-order valence-corrected chi connectivity index (χ4v) is 3.57. The number of amides is 2. The van der Waals surface area contributed by atoms with Crippen LogP contribution >= 0.6 is 11.8 Å². The van der Waals surface area contributed by atoms with Crippen molar-refractivity contribution in [2.75, 3.05) is 19.4 Å². The normalized spacial score (nSPS) is 17.2. The van der Waals surface area contributed by atoms with Gasteiger partial charge in [-0.2, -0.15) is 11.8 Å². The number of hydrogen-bond donors (Lipinski definition) is 6. The number of nitrogens with one attached hydrogen (secondary N) is 1. The lowest BCUT2D eigenvalue weighted by molar-refractivity contribution is -0.133. The molecule has 1 aromatic carbocycles. The number of ether oxygens (including phenoxy) is 1. The average molecular weight is 413 g/mol. The van der Waals surface area contributed by atoms with Gasteiger partial charge >= 0.3 is 13.1 Å². The highest BCUT2D eigenvalue weighted by Crippen LogP contribution is 2.33. The highest BCUT2D eigenvalue weighted by Gasteiger charge is 2.33. The van der Waals surface area contributed by atoms with Crippen LogP contribution in [-0.2, 0) is 16.0 Å². The van der Waals surface area contributed by atoms with Gasteiger partial charge in [0.25, 0.3) is 11.8 Å². The minimum Gasteiger partial charge on any atom is -0.507 e. The molecule has 152 valence electrons. The topological polar surface area (TPSA) is 183 Å². The first-order chi connectivity index (χ1) is 13.1. The smallest absolute Gasteiger partial charge is 0.465 e. The molecule has 1 fully saturated rings. The second kappa shape index (κ2) is 9.14. The van der Waals surface area contributed by atoms with Crippen LogP contribution < -0.4 is 15.9 Å². The van der Waals surface area contributed by atoms with Crippen molar-refractivity contribution in [1.82, 2.24) is 10.4 Å². The number of carbonyl (C=O) groups excluding carboxylic acids is 2. The summed E-state index contributed by atoms with van der Waals surface area (Å²) in [5.74, 6) is -3.16. The van der Waals surface area contributed by atoms with Crippen LogP contribution in [0.3, 0.4) is 0 Å². The zero-order chi connectivity index (χ0) is 21.0. The number of rotatable bonds is 8. The van der Waals surface area contributed by atoms with Crippen LogP contribution in [0, 0.1) is 0 Å². The summed E-state index contributed by atoms with van der Waals surface area (Å²) in [5, 5.41) is 38.8. The molecule has 1 aliphatic heterocycles. The Bertz CT molecular complexity index is 778. The number of methoxy groups -OCH3 is 1. The Morgan fingerprint density at radius 2 is 2.14 bits per heavy atom. The Labute approximate surface area is 164 Å². The Morgan fingerprint density at radius 3 is 2.64 bits per heavy atom. The molecule has 2 rings (SSSR count). The van der Waals surface area contributed by atoms with Gasteiger partial charge in [0.1, 0.15) is 23.1 Å². The number of hydrazine groups is 1. The van der Waals surface area contributed by atoms with Crippen LogP contribution in [0.5, 0.6) is 11.5 Å². The minimum atomic E-state index is -1.84. The molecule has 1 heterocycles. The Balaban J connectivity index is 2.09. The van der Waals surface area contributed by atoms with Crippen LogP contribution in [-0.4, -0.2) is 80.8 Å². The summed E-state index contributed by atoms with van der Waals surface area (Å²) >= 11 is 0.882. The van der Waals surface area contributed by atoms with Gasteiger partial charge in [0.05, 0.1) is 19.4 Å². The van der Waals surface area contributed by atoms with Gasteiger partial charge in [-0.25, -0.2) is 4.79 Å². The van der Waals surface area contributed by atoms with Gasteiger partial charge in [-0.15, -0.1) is 0 Å². The molecule has 1 saturated heterocycles. The number of aromatic hydroxyl groups is 1. The third-order valence-electron chi connectivity index (χ3n) is 4.09. The van der Waals surface area contributed by atoms with Gasteiger partial charge < -0.3 is 30.7 Å². The standard InChI is InChI=1S/C15H20BN3O8S/c1-27-9-3-2-7(13(21)12(9)15(23)24)4-10(16(25)26)28-6-11(20)19-5-8(17)14(22)18-19/h2-3,8,10,21,25-26H,4-6,17H2,1H3,(H,18,22)(H,23,24)/t8?,10-/m0/s1. The number of hydrogen-bond acceptors (Lipinski definition) is 9. The molecule has 0 saturated carbocycles. The molecule has 11 nitrogen and oxygen atoms in total. The fourth-order valence-electron chi connectivity index (χ4n) is 2.59. The number of carboxylic acids is 1. The Hall–Kier alpha value is -2.48. The number of phenols is 1. The van der Waals surface area contributed by atoms with E-state index in [1.165, 1.54) is 19.2 Å². The number of aromatic carboxylic acids is 1. The van der Waals surface area contributed by atoms with Crippen molar-refractivity contribution in [1.29, 1.82) is 0 Å². The second-order valence-corrected chi connectivity index (χ2v) is 7.24. The van der Waals surface area contributed by atoms with Gasteiger partial charge in [-0.3, -0.25) is 20.0 Å². The monoisotopic (exact) mass is 413 g/mol. The van der Waals surface area contributed by atoms with Crippen LogP contribution in [0.1, 0.15) is 15.9 Å². The predicted molar refractivity (Wildman–Crippen MR) is 99.6 cm³/mol. The molecular weight excluding hydrogens is 393 g/mol. The van der Waals surface area contributed by atoms with Gasteiger partial charge in [0, 0.05) is 5.15 Å². The molecule has 7 N–H and O–H groups in total. The molecule has 1 aliphatic rings. The van der Waals surface area contributed by atoms with Gasteiger partial charge in [0.15, 0.2) is 0 Å². The van der Waals surface area contributed by atoms with Crippen molar-refractivity contribution in [3.05, 3.63) is 23.3 Å². The van der Waals surface area contributed by atoms with Gasteiger partial charge in [-0.05, 0) is 18.1 Å². The summed E-state index contributed by atoms with van der Waals surface area (Å²) in [5.41, 5.74) is 7.53. The van der Waals surface area contributed by atoms with Crippen LogP contribution in [0.15, 0.2) is 12.1 Å².